The predicted octanol–water partition coefficient (Wildman–Crippen LogP) is 2.61. The first-order valence-electron chi connectivity index (χ1n) is 6.93. The molecule has 23 heavy (non-hydrogen) atoms. The third-order valence-corrected chi connectivity index (χ3v) is 4.06. The number of nitrogens with zero attached hydrogens (tertiary/aromatic N) is 2. The molecule has 0 aliphatic rings. The summed E-state index contributed by atoms with van der Waals surface area (Å²) in [7, 11) is 0. The Balaban J connectivity index is 1.90. The highest BCUT2D eigenvalue weighted by molar-refractivity contribution is 7.13. The molecule has 122 valence electrons. The van der Waals surface area contributed by atoms with Gasteiger partial charge in [-0.2, -0.15) is 4.39 Å². The first kappa shape index (κ1) is 16.9. The number of aldehydes is 1. The van der Waals surface area contributed by atoms with Crippen molar-refractivity contribution in [1.82, 2.24) is 9.99 Å². The van der Waals surface area contributed by atoms with Crippen LogP contribution in [-0.2, 0) is 11.2 Å². The zero-order chi connectivity index (χ0) is 16.8. The van der Waals surface area contributed by atoms with Crippen molar-refractivity contribution in [2.75, 3.05) is 12.0 Å². The molecule has 1 aromatic carbocycles. The van der Waals surface area contributed by atoms with E-state index in [1.807, 2.05) is 0 Å². The second kappa shape index (κ2) is 7.68. The molecule has 0 radical (unpaired) electrons. The monoisotopic (exact) mass is 337 g/mol. The highest BCUT2D eigenvalue weighted by Crippen LogP contribution is 2.18. The second-order valence-electron chi connectivity index (χ2n) is 4.81. The zero-order valence-electron chi connectivity index (χ0n) is 12.5. The van der Waals surface area contributed by atoms with Gasteiger partial charge in [0.15, 0.2) is 6.29 Å². The van der Waals surface area contributed by atoms with Crippen LogP contribution >= 0.6 is 11.3 Å². The molecule has 1 amide bonds. The van der Waals surface area contributed by atoms with Crippen LogP contribution in [0.2, 0.25) is 0 Å². The van der Waals surface area contributed by atoms with Crippen LogP contribution in [0.5, 0.6) is 5.75 Å². The Bertz CT molecular complexity index is 688. The first-order valence-corrected chi connectivity index (χ1v) is 7.75. The number of phenols is 1. The van der Waals surface area contributed by atoms with Crippen molar-refractivity contribution >= 4 is 29.2 Å². The number of benzene rings is 1. The van der Waals surface area contributed by atoms with Crippen LogP contribution in [0, 0.1) is 5.95 Å². The van der Waals surface area contributed by atoms with Crippen molar-refractivity contribution in [1.29, 1.82) is 0 Å². The van der Waals surface area contributed by atoms with E-state index in [4.69, 9.17) is 0 Å². The molecule has 1 heterocycles. The Morgan fingerprint density at radius 3 is 2.70 bits per heavy atom. The van der Waals surface area contributed by atoms with E-state index in [-0.39, 0.29) is 16.5 Å². The van der Waals surface area contributed by atoms with Crippen molar-refractivity contribution in [3.8, 4) is 5.75 Å². The van der Waals surface area contributed by atoms with E-state index < -0.39 is 5.95 Å². The maximum atomic E-state index is 13.2. The Hall–Kier alpha value is -2.48. The Morgan fingerprint density at radius 2 is 2.13 bits per heavy atom. The van der Waals surface area contributed by atoms with Crippen LogP contribution in [-0.4, -0.2) is 33.8 Å². The van der Waals surface area contributed by atoms with Crippen molar-refractivity contribution < 1.29 is 19.1 Å². The summed E-state index contributed by atoms with van der Waals surface area (Å²) < 4.78 is 13.2. The summed E-state index contributed by atoms with van der Waals surface area (Å²) in [6.45, 7) is 1.83. The summed E-state index contributed by atoms with van der Waals surface area (Å²) in [5.74, 6) is -0.774. The zero-order valence-corrected chi connectivity index (χ0v) is 13.3. The van der Waals surface area contributed by atoms with E-state index >= 15 is 0 Å². The number of thiazole rings is 1. The van der Waals surface area contributed by atoms with Gasteiger partial charge >= 0.3 is 0 Å². The predicted molar refractivity (Wildman–Crippen MR) is 84.9 cm³/mol. The highest BCUT2D eigenvalue weighted by Gasteiger charge is 2.12. The summed E-state index contributed by atoms with van der Waals surface area (Å²) in [5.41, 5.74) is 3.61. The number of aromatic hydroxyl groups is 1. The van der Waals surface area contributed by atoms with Gasteiger partial charge in [-0.3, -0.25) is 20.0 Å². The van der Waals surface area contributed by atoms with Crippen molar-refractivity contribution in [2.24, 2.45) is 0 Å². The van der Waals surface area contributed by atoms with Crippen LogP contribution in [0.3, 0.4) is 0 Å². The number of carbonyl (C=O) groups is 2. The third kappa shape index (κ3) is 4.75. The maximum absolute atomic E-state index is 13.2. The summed E-state index contributed by atoms with van der Waals surface area (Å²) in [6.07, 6.45) is 1.48. The summed E-state index contributed by atoms with van der Waals surface area (Å²) in [5, 5.41) is 11.2. The van der Waals surface area contributed by atoms with Gasteiger partial charge in [0.25, 0.3) is 0 Å². The minimum Gasteiger partial charge on any atom is -0.508 e. The summed E-state index contributed by atoms with van der Waals surface area (Å²) in [6, 6.07) is 6.33. The largest absolute Gasteiger partial charge is 0.508 e. The molecule has 0 bridgehead atoms. The maximum Gasteiger partial charge on any atom is 0.237 e. The SMILES string of the molecule is CC(=O)N(CCCc1nc(F)c(C=O)s1)Nc1ccc(O)cc1. The van der Waals surface area contributed by atoms with Crippen molar-refractivity contribution in [3.05, 3.63) is 40.1 Å². The lowest BCUT2D eigenvalue weighted by atomic mass is 10.3. The first-order chi connectivity index (χ1) is 11.0. The Labute approximate surface area is 136 Å². The van der Waals surface area contributed by atoms with E-state index in [0.717, 1.165) is 11.3 Å². The van der Waals surface area contributed by atoms with Gasteiger partial charge < -0.3 is 5.11 Å². The Kier molecular flexibility index (Phi) is 5.64. The fourth-order valence-electron chi connectivity index (χ4n) is 1.91. The average molecular weight is 337 g/mol. The molecule has 0 spiro atoms. The van der Waals surface area contributed by atoms with E-state index in [0.29, 0.717) is 36.4 Å². The molecule has 2 rings (SSSR count). The minimum absolute atomic E-state index is 0.00866. The lowest BCUT2D eigenvalue weighted by molar-refractivity contribution is -0.127. The van der Waals surface area contributed by atoms with E-state index in [1.54, 1.807) is 12.1 Å². The lowest BCUT2D eigenvalue weighted by Crippen LogP contribution is -2.35. The normalized spacial score (nSPS) is 10.3. The molecule has 2 N–H and O–H groups in total. The second-order valence-corrected chi connectivity index (χ2v) is 5.93. The number of halogens is 1. The molecular formula is C15H16FN3O3S. The van der Waals surface area contributed by atoms with E-state index in [2.05, 4.69) is 10.4 Å². The van der Waals surface area contributed by atoms with Gasteiger partial charge in [0.1, 0.15) is 10.6 Å². The topological polar surface area (TPSA) is 82.5 Å². The number of rotatable bonds is 7. The molecule has 0 saturated carbocycles. The van der Waals surface area contributed by atoms with Crippen LogP contribution in [0.1, 0.15) is 28.0 Å². The van der Waals surface area contributed by atoms with Gasteiger partial charge in [0, 0.05) is 19.9 Å². The lowest BCUT2D eigenvalue weighted by Gasteiger charge is -2.22. The molecular weight excluding hydrogens is 321 g/mol. The quantitative estimate of drug-likeness (QED) is 0.461. The minimum atomic E-state index is -0.745. The number of anilines is 1. The molecule has 0 aliphatic heterocycles. The highest BCUT2D eigenvalue weighted by atomic mass is 32.1. The molecule has 8 heteroatoms. The van der Waals surface area contributed by atoms with Gasteiger partial charge in [-0.25, -0.2) is 4.98 Å². The molecule has 1 aromatic heterocycles. The fourth-order valence-corrected chi connectivity index (χ4v) is 2.71. The van der Waals surface area contributed by atoms with Crippen LogP contribution < -0.4 is 5.43 Å². The van der Waals surface area contributed by atoms with Gasteiger partial charge in [-0.15, -0.1) is 11.3 Å². The van der Waals surface area contributed by atoms with Crippen LogP contribution in [0.25, 0.3) is 0 Å². The number of amides is 1. The standard InChI is InChI=1S/C15H16FN3O3S/c1-10(21)19(18-11-4-6-12(22)7-5-11)8-2-3-14-17-15(16)13(9-20)23-14/h4-7,9,18,22H,2-3,8H2,1H3. The molecule has 0 saturated heterocycles. The average Bonchev–Trinajstić information content (AvgIpc) is 2.88. The number of hydrogen-bond acceptors (Lipinski definition) is 6. The van der Waals surface area contributed by atoms with Crippen LogP contribution in [0.15, 0.2) is 24.3 Å². The van der Waals surface area contributed by atoms with Crippen molar-refractivity contribution in [3.63, 3.8) is 0 Å². The van der Waals surface area contributed by atoms with Gasteiger partial charge in [-0.1, -0.05) is 0 Å². The molecule has 6 nitrogen and oxygen atoms in total. The number of aryl methyl sites for hydroxylation is 1. The molecule has 0 unspecified atom stereocenters. The number of hydrogen-bond donors (Lipinski definition) is 2. The van der Waals surface area contributed by atoms with Gasteiger partial charge in [-0.05, 0) is 30.7 Å². The van der Waals surface area contributed by atoms with Crippen molar-refractivity contribution in [2.45, 2.75) is 19.8 Å². The third-order valence-electron chi connectivity index (χ3n) is 3.04. The molecule has 0 aliphatic carbocycles. The number of carbonyl (C=O) groups excluding carboxylic acids is 2. The van der Waals surface area contributed by atoms with E-state index in [9.17, 15) is 19.1 Å². The van der Waals surface area contributed by atoms with Crippen LogP contribution in [0.4, 0.5) is 10.1 Å². The van der Waals surface area contributed by atoms with Gasteiger partial charge in [0.2, 0.25) is 11.9 Å². The van der Waals surface area contributed by atoms with E-state index in [1.165, 1.54) is 24.1 Å². The fraction of sp³-hybridized carbons (Fsp3) is 0.267. The smallest absolute Gasteiger partial charge is 0.237 e. The summed E-state index contributed by atoms with van der Waals surface area (Å²) >= 11 is 1.02. The number of aromatic nitrogens is 1. The number of hydrazine groups is 1. The Morgan fingerprint density at radius 1 is 1.43 bits per heavy atom. The molecule has 0 atom stereocenters. The molecule has 2 aromatic rings. The number of phenolic OH excluding ortho intramolecular Hbond substituents is 1. The van der Waals surface area contributed by atoms with Gasteiger partial charge in [0.05, 0.1) is 10.7 Å². The number of nitrogens with one attached hydrogen (secondary N) is 1. The molecule has 0 fully saturated rings. The summed E-state index contributed by atoms with van der Waals surface area (Å²) in [4.78, 5) is 25.9.